The van der Waals surface area contributed by atoms with Gasteiger partial charge in [-0.2, -0.15) is 12.7 Å². The predicted octanol–water partition coefficient (Wildman–Crippen LogP) is 1.76. The van der Waals surface area contributed by atoms with Crippen LogP contribution in [-0.2, 0) is 27.1 Å². The average molecular weight is 592 g/mol. The number of aryl methyl sites for hydroxylation is 1. The summed E-state index contributed by atoms with van der Waals surface area (Å²) in [7, 11) is -4.94. The number of carbonyl (C=O) groups is 1. The first-order valence-corrected chi connectivity index (χ1v) is 15.5. The van der Waals surface area contributed by atoms with E-state index < -0.39 is 44.0 Å². The number of ether oxygens (including phenoxy) is 1. The van der Waals surface area contributed by atoms with Crippen molar-refractivity contribution in [1.82, 2.24) is 18.8 Å². The van der Waals surface area contributed by atoms with Crippen LogP contribution in [0.3, 0.4) is 0 Å². The van der Waals surface area contributed by atoms with Crippen LogP contribution in [0.15, 0.2) is 71.0 Å². The van der Waals surface area contributed by atoms with Crippen molar-refractivity contribution in [3.8, 4) is 5.75 Å². The number of hydrogen-bond donors (Lipinski definition) is 2. The molecule has 1 aliphatic rings. The van der Waals surface area contributed by atoms with Gasteiger partial charge in [0.2, 0.25) is 10.0 Å². The number of rotatable bonds is 9. The third kappa shape index (κ3) is 5.99. The SMILES string of the molecule is C[C@H]1CN([C@@H](C)CO)C(=O)c2cccc(NS(=O)(=O)c3cn(C)cn3)c2O[C@H]1CN(C)S(=O)(=O)c1ccccc1. The minimum Gasteiger partial charge on any atom is -0.486 e. The molecule has 0 bridgehead atoms. The van der Waals surface area contributed by atoms with Crippen molar-refractivity contribution in [3.05, 3.63) is 66.6 Å². The van der Waals surface area contributed by atoms with Crippen LogP contribution < -0.4 is 9.46 Å². The summed E-state index contributed by atoms with van der Waals surface area (Å²) in [4.78, 5) is 19.1. The number of sulfonamides is 2. The van der Waals surface area contributed by atoms with Gasteiger partial charge in [0.25, 0.3) is 15.9 Å². The summed E-state index contributed by atoms with van der Waals surface area (Å²) in [6.45, 7) is 3.29. The predicted molar refractivity (Wildman–Crippen MR) is 148 cm³/mol. The van der Waals surface area contributed by atoms with E-state index in [2.05, 4.69) is 9.71 Å². The molecular weight excluding hydrogens is 558 g/mol. The van der Waals surface area contributed by atoms with Crippen molar-refractivity contribution in [2.24, 2.45) is 13.0 Å². The maximum absolute atomic E-state index is 13.6. The zero-order valence-electron chi connectivity index (χ0n) is 22.6. The number of anilines is 1. The molecule has 1 aliphatic heterocycles. The third-order valence-electron chi connectivity index (χ3n) is 6.78. The topological polar surface area (TPSA) is 151 Å². The molecule has 1 aromatic heterocycles. The molecule has 216 valence electrons. The number of likely N-dealkylation sites (N-methyl/N-ethyl adjacent to an activating group) is 1. The number of aliphatic hydroxyl groups is 1. The fraction of sp³-hybridized carbons (Fsp3) is 0.385. The van der Waals surface area contributed by atoms with E-state index in [-0.39, 0.29) is 46.6 Å². The zero-order chi connectivity index (χ0) is 29.2. The maximum Gasteiger partial charge on any atom is 0.281 e. The van der Waals surface area contributed by atoms with Crippen LogP contribution in [0.5, 0.6) is 5.75 Å². The molecule has 1 amide bonds. The van der Waals surface area contributed by atoms with Crippen LogP contribution in [0.25, 0.3) is 0 Å². The van der Waals surface area contributed by atoms with Gasteiger partial charge in [0.1, 0.15) is 6.10 Å². The number of aromatic nitrogens is 2. The molecule has 0 saturated carbocycles. The quantitative estimate of drug-likeness (QED) is 0.382. The Morgan fingerprint density at radius 1 is 1.15 bits per heavy atom. The first-order valence-electron chi connectivity index (χ1n) is 12.6. The third-order valence-corrected chi connectivity index (χ3v) is 9.87. The standard InChI is InChI=1S/C26H33N5O7S2/c1-18-13-31(19(2)16-32)26(33)21-11-8-12-22(28-39(34,35)24-15-29(3)17-27-24)25(21)38-23(18)14-30(4)40(36,37)20-9-6-5-7-10-20/h5-12,15,17-19,23,28,32H,13-14,16H2,1-4H3/t18-,19-,23-/m0/s1. The average Bonchev–Trinajstić information content (AvgIpc) is 3.38. The lowest BCUT2D eigenvalue weighted by molar-refractivity contribution is 0.0389. The van der Waals surface area contributed by atoms with E-state index in [1.54, 1.807) is 32.2 Å². The molecule has 12 nitrogen and oxygen atoms in total. The van der Waals surface area contributed by atoms with Crippen LogP contribution >= 0.6 is 0 Å². The molecule has 40 heavy (non-hydrogen) atoms. The number of aliphatic hydroxyl groups excluding tert-OH is 1. The number of imidazole rings is 1. The molecule has 0 fully saturated rings. The molecule has 3 aromatic rings. The highest BCUT2D eigenvalue weighted by Gasteiger charge is 2.36. The van der Waals surface area contributed by atoms with Gasteiger partial charge in [0.15, 0.2) is 10.8 Å². The molecule has 0 unspecified atom stereocenters. The molecule has 0 saturated heterocycles. The van der Waals surface area contributed by atoms with Crippen molar-refractivity contribution < 1.29 is 31.5 Å². The van der Waals surface area contributed by atoms with Crippen molar-refractivity contribution in [2.75, 3.05) is 31.5 Å². The fourth-order valence-corrected chi connectivity index (χ4v) is 6.64. The van der Waals surface area contributed by atoms with Gasteiger partial charge in [0.05, 0.1) is 41.7 Å². The van der Waals surface area contributed by atoms with E-state index in [9.17, 15) is 26.7 Å². The fourth-order valence-electron chi connectivity index (χ4n) is 4.39. The first kappa shape index (κ1) is 29.5. The van der Waals surface area contributed by atoms with Gasteiger partial charge in [-0.1, -0.05) is 31.2 Å². The number of nitrogens with zero attached hydrogens (tertiary/aromatic N) is 4. The highest BCUT2D eigenvalue weighted by atomic mass is 32.2. The summed E-state index contributed by atoms with van der Waals surface area (Å²) >= 11 is 0. The number of amides is 1. The Balaban J connectivity index is 1.76. The monoisotopic (exact) mass is 591 g/mol. The van der Waals surface area contributed by atoms with Crippen molar-refractivity contribution >= 4 is 31.6 Å². The first-order chi connectivity index (χ1) is 18.8. The Labute approximate surface area is 234 Å². The molecule has 2 heterocycles. The zero-order valence-corrected chi connectivity index (χ0v) is 24.3. The highest BCUT2D eigenvalue weighted by Crippen LogP contribution is 2.36. The Hall–Kier alpha value is -3.46. The van der Waals surface area contributed by atoms with Crippen molar-refractivity contribution in [2.45, 2.75) is 35.9 Å². The van der Waals surface area contributed by atoms with E-state index in [4.69, 9.17) is 4.74 Å². The van der Waals surface area contributed by atoms with E-state index in [0.717, 1.165) is 0 Å². The van der Waals surface area contributed by atoms with Crippen LogP contribution in [0.4, 0.5) is 5.69 Å². The molecule has 14 heteroatoms. The van der Waals surface area contributed by atoms with Gasteiger partial charge in [-0.3, -0.25) is 9.52 Å². The van der Waals surface area contributed by atoms with E-state index in [0.29, 0.717) is 0 Å². The van der Waals surface area contributed by atoms with Crippen LogP contribution in [0.1, 0.15) is 24.2 Å². The Morgan fingerprint density at radius 3 is 2.48 bits per heavy atom. The van der Waals surface area contributed by atoms with Crippen LogP contribution in [-0.4, -0.2) is 85.5 Å². The Bertz CT molecular complexity index is 1580. The van der Waals surface area contributed by atoms with Crippen molar-refractivity contribution in [3.63, 3.8) is 0 Å². The summed E-state index contributed by atoms with van der Waals surface area (Å²) < 4.78 is 64.2. The Kier molecular flexibility index (Phi) is 8.54. The second-order valence-corrected chi connectivity index (χ2v) is 13.6. The second-order valence-electron chi connectivity index (χ2n) is 9.89. The molecule has 0 aliphatic carbocycles. The molecular formula is C26H33N5O7S2. The Morgan fingerprint density at radius 2 is 1.85 bits per heavy atom. The highest BCUT2D eigenvalue weighted by molar-refractivity contribution is 7.92. The largest absolute Gasteiger partial charge is 0.486 e. The maximum atomic E-state index is 13.6. The number of benzene rings is 2. The van der Waals surface area contributed by atoms with Crippen LogP contribution in [0, 0.1) is 5.92 Å². The number of nitrogens with one attached hydrogen (secondary N) is 1. The number of hydrogen-bond acceptors (Lipinski definition) is 8. The molecule has 3 atom stereocenters. The second kappa shape index (κ2) is 11.6. The van der Waals surface area contributed by atoms with E-state index in [1.807, 2.05) is 6.92 Å². The van der Waals surface area contributed by atoms with Crippen LogP contribution in [0.2, 0.25) is 0 Å². The van der Waals surface area contributed by atoms with Gasteiger partial charge in [-0.05, 0) is 31.2 Å². The van der Waals surface area contributed by atoms with Crippen molar-refractivity contribution in [1.29, 1.82) is 0 Å². The summed E-state index contributed by atoms with van der Waals surface area (Å²) in [5.74, 6) is -0.893. The normalized spacial score (nSPS) is 18.9. The van der Waals surface area contributed by atoms with Gasteiger partial charge in [-0.25, -0.2) is 13.4 Å². The summed E-state index contributed by atoms with van der Waals surface area (Å²) in [5, 5.41) is 9.64. The lowest BCUT2D eigenvalue weighted by atomic mass is 9.99. The summed E-state index contributed by atoms with van der Waals surface area (Å²) in [6, 6.07) is 11.9. The van der Waals surface area contributed by atoms with E-state index >= 15 is 0 Å². The lowest BCUT2D eigenvalue weighted by Gasteiger charge is -2.38. The minimum atomic E-state index is -4.15. The molecule has 0 spiro atoms. The van der Waals surface area contributed by atoms with Gasteiger partial charge >= 0.3 is 0 Å². The van der Waals surface area contributed by atoms with E-state index in [1.165, 1.54) is 63.7 Å². The number of fused-ring (bicyclic) bond motifs is 1. The van der Waals surface area contributed by atoms with Gasteiger partial charge < -0.3 is 19.3 Å². The summed E-state index contributed by atoms with van der Waals surface area (Å²) in [5.41, 5.74) is 0.0766. The molecule has 2 N–H and O–H groups in total. The smallest absolute Gasteiger partial charge is 0.281 e. The minimum absolute atomic E-state index is 0.000717. The molecule has 0 radical (unpaired) electrons. The number of para-hydroxylation sites is 1. The van der Waals surface area contributed by atoms with Gasteiger partial charge in [0, 0.05) is 32.8 Å². The molecule has 4 rings (SSSR count). The summed E-state index contributed by atoms with van der Waals surface area (Å²) in [6.07, 6.45) is 1.89. The lowest BCUT2D eigenvalue weighted by Crippen LogP contribution is -2.50. The molecule has 2 aromatic carbocycles. The van der Waals surface area contributed by atoms with Gasteiger partial charge in [-0.15, -0.1) is 0 Å². The number of carbonyl (C=O) groups excluding carboxylic acids is 1.